The molecule has 1 N–H and O–H groups in total. The second kappa shape index (κ2) is 4.38. The summed E-state index contributed by atoms with van der Waals surface area (Å²) >= 11 is 0. The van der Waals surface area contributed by atoms with E-state index in [0.29, 0.717) is 0 Å². The molecule has 2 unspecified atom stereocenters. The van der Waals surface area contributed by atoms with E-state index in [4.69, 9.17) is 0 Å². The van der Waals surface area contributed by atoms with Gasteiger partial charge in [-0.3, -0.25) is 0 Å². The summed E-state index contributed by atoms with van der Waals surface area (Å²) in [5, 5.41) is 9.80. The Hall–Kier alpha value is -0.820. The van der Waals surface area contributed by atoms with Crippen LogP contribution >= 0.6 is 0 Å². The summed E-state index contributed by atoms with van der Waals surface area (Å²) in [6.07, 6.45) is 3.28. The molecule has 1 aromatic carbocycles. The number of benzene rings is 1. The second-order valence-corrected chi connectivity index (χ2v) is 6.78. The summed E-state index contributed by atoms with van der Waals surface area (Å²) in [6.45, 7) is 11.2. The number of hydrogen-bond donors (Lipinski definition) is 1. The summed E-state index contributed by atoms with van der Waals surface area (Å²) in [6, 6.07) is 6.57. The maximum Gasteiger partial charge on any atom is 0.0762 e. The number of rotatable bonds is 2. The molecule has 0 fully saturated rings. The van der Waals surface area contributed by atoms with Crippen LogP contribution in [-0.4, -0.2) is 5.11 Å². The van der Waals surface area contributed by atoms with Crippen LogP contribution in [0.5, 0.6) is 0 Å². The number of hydrogen-bond acceptors (Lipinski definition) is 1. The Kier molecular flexibility index (Phi) is 3.31. The van der Waals surface area contributed by atoms with Crippen molar-refractivity contribution in [3.8, 4) is 0 Å². The maximum absolute atomic E-state index is 9.80. The van der Waals surface area contributed by atoms with E-state index < -0.39 is 0 Å². The van der Waals surface area contributed by atoms with Crippen LogP contribution in [0.15, 0.2) is 18.2 Å². The van der Waals surface area contributed by atoms with Crippen LogP contribution in [0, 0.1) is 0 Å². The van der Waals surface area contributed by atoms with Gasteiger partial charge in [-0.2, -0.15) is 0 Å². The minimum atomic E-state index is -0.374. The molecule has 1 aliphatic carbocycles. The Bertz CT molecular complexity index is 445. The van der Waals surface area contributed by atoms with Crippen LogP contribution in [0.3, 0.4) is 0 Å². The average molecular weight is 246 g/mol. The van der Waals surface area contributed by atoms with E-state index in [1.54, 1.807) is 0 Å². The molecule has 0 aromatic heterocycles. The molecule has 0 heterocycles. The lowest BCUT2D eigenvalue weighted by molar-refractivity contribution is 0.198. The Labute approximate surface area is 111 Å². The molecule has 1 heteroatoms. The van der Waals surface area contributed by atoms with Gasteiger partial charge >= 0.3 is 0 Å². The monoisotopic (exact) mass is 246 g/mol. The fourth-order valence-electron chi connectivity index (χ4n) is 3.14. The third kappa shape index (κ3) is 2.09. The van der Waals surface area contributed by atoms with Crippen molar-refractivity contribution in [2.24, 2.45) is 0 Å². The van der Waals surface area contributed by atoms with Crippen molar-refractivity contribution in [2.75, 3.05) is 0 Å². The molecule has 2 rings (SSSR count). The molecule has 0 radical (unpaired) electrons. The summed E-state index contributed by atoms with van der Waals surface area (Å²) < 4.78 is 0. The van der Waals surface area contributed by atoms with Gasteiger partial charge in [0.15, 0.2) is 0 Å². The van der Waals surface area contributed by atoms with Gasteiger partial charge in [-0.25, -0.2) is 0 Å². The second-order valence-electron chi connectivity index (χ2n) is 6.78. The van der Waals surface area contributed by atoms with Gasteiger partial charge in [0.1, 0.15) is 0 Å². The normalized spacial score (nSPS) is 27.7. The fraction of sp³-hybridized carbons (Fsp3) is 0.647. The highest BCUT2D eigenvalue weighted by molar-refractivity contribution is 5.44. The van der Waals surface area contributed by atoms with E-state index in [2.05, 4.69) is 45.9 Å². The van der Waals surface area contributed by atoms with E-state index in [-0.39, 0.29) is 16.9 Å². The van der Waals surface area contributed by atoms with Crippen LogP contribution in [-0.2, 0) is 10.8 Å². The van der Waals surface area contributed by atoms with E-state index in [0.717, 1.165) is 5.56 Å². The highest BCUT2D eigenvalue weighted by Crippen LogP contribution is 2.47. The minimum Gasteiger partial charge on any atom is -0.389 e. The molecular weight excluding hydrogens is 220 g/mol. The Balaban J connectivity index is 2.61. The van der Waals surface area contributed by atoms with Gasteiger partial charge in [0.05, 0.1) is 6.10 Å². The fourth-order valence-corrected chi connectivity index (χ4v) is 3.14. The minimum absolute atomic E-state index is 0.265. The number of aliphatic hydroxyl groups is 1. The zero-order valence-electron chi connectivity index (χ0n) is 12.4. The predicted octanol–water partition coefficient (Wildman–Crippen LogP) is 4.48. The molecule has 0 amide bonds. The quantitative estimate of drug-likeness (QED) is 0.815. The van der Waals surface area contributed by atoms with Crippen LogP contribution in [0.1, 0.15) is 76.7 Å². The maximum atomic E-state index is 9.80. The van der Waals surface area contributed by atoms with Crippen molar-refractivity contribution in [1.29, 1.82) is 0 Å². The number of fused-ring (bicyclic) bond motifs is 1. The molecule has 0 spiro atoms. The van der Waals surface area contributed by atoms with Gasteiger partial charge in [-0.15, -0.1) is 0 Å². The molecule has 0 saturated carbocycles. The van der Waals surface area contributed by atoms with Gasteiger partial charge in [0.2, 0.25) is 0 Å². The largest absolute Gasteiger partial charge is 0.389 e. The van der Waals surface area contributed by atoms with Crippen LogP contribution in [0.4, 0.5) is 0 Å². The third-order valence-electron chi connectivity index (χ3n) is 4.99. The molecule has 0 aliphatic heterocycles. The Morgan fingerprint density at radius 2 is 1.83 bits per heavy atom. The molecule has 2 atom stereocenters. The number of aliphatic hydroxyl groups excluding tert-OH is 1. The van der Waals surface area contributed by atoms with Crippen molar-refractivity contribution in [2.45, 2.75) is 70.8 Å². The molecular formula is C17H26O. The first kappa shape index (κ1) is 13.6. The van der Waals surface area contributed by atoms with Crippen molar-refractivity contribution in [3.05, 3.63) is 34.9 Å². The Morgan fingerprint density at radius 3 is 2.39 bits per heavy atom. The van der Waals surface area contributed by atoms with Gasteiger partial charge in [-0.05, 0) is 53.7 Å². The zero-order chi connectivity index (χ0) is 13.6. The van der Waals surface area contributed by atoms with Crippen molar-refractivity contribution < 1.29 is 5.11 Å². The van der Waals surface area contributed by atoms with Crippen molar-refractivity contribution in [1.82, 2.24) is 0 Å². The molecule has 0 saturated heterocycles. The summed E-state index contributed by atoms with van der Waals surface area (Å²) in [4.78, 5) is 0. The Morgan fingerprint density at radius 1 is 1.17 bits per heavy atom. The lowest BCUT2D eigenvalue weighted by Crippen LogP contribution is -2.35. The standard InChI is InChI=1S/C17H26O/c1-6-17(5)10-9-16(3,4)14-8-7-13(12(2)18)11-15(14)17/h7-8,11-12,18H,6,9-10H2,1-5H3. The molecule has 100 valence electrons. The van der Waals surface area contributed by atoms with Crippen LogP contribution in [0.2, 0.25) is 0 Å². The predicted molar refractivity (Wildman–Crippen MR) is 77.0 cm³/mol. The summed E-state index contributed by atoms with van der Waals surface area (Å²) in [7, 11) is 0. The summed E-state index contributed by atoms with van der Waals surface area (Å²) in [5.74, 6) is 0. The van der Waals surface area contributed by atoms with Gasteiger partial charge in [-0.1, -0.05) is 45.9 Å². The lowest BCUT2D eigenvalue weighted by atomic mass is 9.61. The van der Waals surface area contributed by atoms with Crippen LogP contribution in [0.25, 0.3) is 0 Å². The molecule has 1 aromatic rings. The van der Waals surface area contributed by atoms with E-state index in [1.807, 2.05) is 6.92 Å². The van der Waals surface area contributed by atoms with Gasteiger partial charge in [0.25, 0.3) is 0 Å². The van der Waals surface area contributed by atoms with Gasteiger partial charge < -0.3 is 5.11 Å². The first-order valence-corrected chi connectivity index (χ1v) is 7.13. The molecule has 1 aliphatic rings. The van der Waals surface area contributed by atoms with Crippen molar-refractivity contribution in [3.63, 3.8) is 0 Å². The van der Waals surface area contributed by atoms with E-state index in [9.17, 15) is 5.11 Å². The third-order valence-corrected chi connectivity index (χ3v) is 4.99. The highest BCUT2D eigenvalue weighted by Gasteiger charge is 2.38. The topological polar surface area (TPSA) is 20.2 Å². The van der Waals surface area contributed by atoms with E-state index >= 15 is 0 Å². The van der Waals surface area contributed by atoms with E-state index in [1.165, 1.54) is 30.4 Å². The first-order chi connectivity index (χ1) is 8.30. The average Bonchev–Trinajstić information content (AvgIpc) is 2.34. The molecule has 1 nitrogen and oxygen atoms in total. The first-order valence-electron chi connectivity index (χ1n) is 7.13. The molecule has 0 bridgehead atoms. The zero-order valence-corrected chi connectivity index (χ0v) is 12.4. The molecule has 18 heavy (non-hydrogen) atoms. The highest BCUT2D eigenvalue weighted by atomic mass is 16.3. The SMILES string of the molecule is CCC1(C)CCC(C)(C)c2ccc(C(C)O)cc21. The lowest BCUT2D eigenvalue weighted by Gasteiger charge is -2.43. The summed E-state index contributed by atoms with van der Waals surface area (Å²) in [5.41, 5.74) is 4.52. The van der Waals surface area contributed by atoms with Crippen molar-refractivity contribution >= 4 is 0 Å². The van der Waals surface area contributed by atoms with Gasteiger partial charge in [0, 0.05) is 0 Å². The smallest absolute Gasteiger partial charge is 0.0762 e. The van der Waals surface area contributed by atoms with Crippen LogP contribution < -0.4 is 0 Å².